The number of ether oxygens (including phenoxy) is 3. The third kappa shape index (κ3) is 5.87. The number of carbonyl (C=O) groups excluding carboxylic acids is 1. The van der Waals surface area contributed by atoms with Crippen molar-refractivity contribution < 1.29 is 19.0 Å². The lowest BCUT2D eigenvalue weighted by atomic mass is 9.96. The number of nitrogens with one attached hydrogen (secondary N) is 2. The fourth-order valence-corrected chi connectivity index (χ4v) is 3.07. The summed E-state index contributed by atoms with van der Waals surface area (Å²) < 4.78 is 15.7. The molecule has 0 radical (unpaired) electrons. The fourth-order valence-electron chi connectivity index (χ4n) is 2.85. The van der Waals surface area contributed by atoms with E-state index < -0.39 is 5.97 Å². The van der Waals surface area contributed by atoms with Gasteiger partial charge in [-0.1, -0.05) is 19.3 Å². The van der Waals surface area contributed by atoms with E-state index in [0.29, 0.717) is 28.2 Å². The molecule has 26 heavy (non-hydrogen) atoms. The molecule has 1 saturated carbocycles. The van der Waals surface area contributed by atoms with Crippen molar-refractivity contribution in [2.45, 2.75) is 45.1 Å². The maximum atomic E-state index is 11.3. The van der Waals surface area contributed by atoms with E-state index in [-0.39, 0.29) is 5.75 Å². The molecular weight excluding hydrogens is 354 g/mol. The zero-order chi connectivity index (χ0) is 18.9. The number of esters is 1. The van der Waals surface area contributed by atoms with Crippen molar-refractivity contribution in [2.75, 3.05) is 14.2 Å². The van der Waals surface area contributed by atoms with Gasteiger partial charge < -0.3 is 19.5 Å². The lowest BCUT2D eigenvalue weighted by Gasteiger charge is -2.23. The zero-order valence-electron chi connectivity index (χ0n) is 15.3. The summed E-state index contributed by atoms with van der Waals surface area (Å²) in [4.78, 5) is 11.3. The number of hydrogen-bond acceptors (Lipinski definition) is 6. The van der Waals surface area contributed by atoms with Gasteiger partial charge in [0.05, 0.1) is 20.4 Å². The second-order valence-corrected chi connectivity index (χ2v) is 6.43. The lowest BCUT2D eigenvalue weighted by Crippen LogP contribution is -2.40. The first-order valence-electron chi connectivity index (χ1n) is 8.57. The third-order valence-electron chi connectivity index (χ3n) is 4.05. The molecule has 0 amide bonds. The van der Waals surface area contributed by atoms with E-state index in [0.717, 1.165) is 12.8 Å². The van der Waals surface area contributed by atoms with Crippen LogP contribution < -0.4 is 25.0 Å². The summed E-state index contributed by atoms with van der Waals surface area (Å²) in [6.45, 7) is 1.32. The van der Waals surface area contributed by atoms with Gasteiger partial charge in [0.25, 0.3) is 0 Å². The molecule has 0 heterocycles. The highest BCUT2D eigenvalue weighted by Crippen LogP contribution is 2.38. The Morgan fingerprint density at radius 3 is 2.35 bits per heavy atom. The lowest BCUT2D eigenvalue weighted by molar-refractivity contribution is -0.132. The highest BCUT2D eigenvalue weighted by Gasteiger charge is 2.16. The molecule has 1 aliphatic carbocycles. The second kappa shape index (κ2) is 9.96. The van der Waals surface area contributed by atoms with Crippen LogP contribution in [0, 0.1) is 0 Å². The summed E-state index contributed by atoms with van der Waals surface area (Å²) in [5, 5.41) is 7.93. The predicted molar refractivity (Wildman–Crippen MR) is 104 cm³/mol. The van der Waals surface area contributed by atoms with Crippen molar-refractivity contribution >= 4 is 29.5 Å². The van der Waals surface area contributed by atoms with Gasteiger partial charge in [-0.25, -0.2) is 0 Å². The molecule has 7 nitrogen and oxygen atoms in total. The molecule has 1 aliphatic rings. The van der Waals surface area contributed by atoms with Crippen molar-refractivity contribution in [1.82, 2.24) is 10.7 Å². The minimum Gasteiger partial charge on any atom is -0.493 e. The van der Waals surface area contributed by atoms with Crippen LogP contribution in [0.5, 0.6) is 17.2 Å². The van der Waals surface area contributed by atoms with Crippen LogP contribution in [-0.2, 0) is 4.79 Å². The highest BCUT2D eigenvalue weighted by molar-refractivity contribution is 7.80. The summed E-state index contributed by atoms with van der Waals surface area (Å²) in [5.74, 6) is 0.540. The van der Waals surface area contributed by atoms with Gasteiger partial charge in [0.2, 0.25) is 5.75 Å². The second-order valence-electron chi connectivity index (χ2n) is 6.03. The number of thiocarbonyl (C=S) groups is 1. The van der Waals surface area contributed by atoms with Gasteiger partial charge in [-0.3, -0.25) is 10.2 Å². The van der Waals surface area contributed by atoms with Crippen LogP contribution in [0.25, 0.3) is 0 Å². The first kappa shape index (κ1) is 20.0. The van der Waals surface area contributed by atoms with Crippen LogP contribution in [0.4, 0.5) is 0 Å². The minimum atomic E-state index is -0.455. The summed E-state index contributed by atoms with van der Waals surface area (Å²) in [6.07, 6.45) is 7.63. The Morgan fingerprint density at radius 1 is 1.19 bits per heavy atom. The van der Waals surface area contributed by atoms with Gasteiger partial charge in [0.15, 0.2) is 16.6 Å². The molecule has 0 bridgehead atoms. The van der Waals surface area contributed by atoms with Gasteiger partial charge in [0.1, 0.15) is 0 Å². The van der Waals surface area contributed by atoms with Crippen LogP contribution in [0.15, 0.2) is 17.2 Å². The Balaban J connectivity index is 2.02. The van der Waals surface area contributed by atoms with E-state index in [9.17, 15) is 4.79 Å². The summed E-state index contributed by atoms with van der Waals surface area (Å²) in [6, 6.07) is 3.81. The van der Waals surface area contributed by atoms with E-state index in [1.165, 1.54) is 40.4 Å². The monoisotopic (exact) mass is 379 g/mol. The fraction of sp³-hybridized carbons (Fsp3) is 0.500. The molecule has 8 heteroatoms. The van der Waals surface area contributed by atoms with Crippen molar-refractivity contribution in [3.63, 3.8) is 0 Å². The van der Waals surface area contributed by atoms with Gasteiger partial charge >= 0.3 is 5.97 Å². The van der Waals surface area contributed by atoms with Crippen LogP contribution >= 0.6 is 12.2 Å². The number of hydrazone groups is 1. The normalized spacial score (nSPS) is 14.7. The Bertz CT molecular complexity index is 647. The van der Waals surface area contributed by atoms with Gasteiger partial charge in [-0.15, -0.1) is 0 Å². The highest BCUT2D eigenvalue weighted by atomic mass is 32.1. The Morgan fingerprint density at radius 2 is 1.81 bits per heavy atom. The Hall–Kier alpha value is -2.35. The molecule has 1 aromatic carbocycles. The van der Waals surface area contributed by atoms with Crippen LogP contribution in [0.3, 0.4) is 0 Å². The van der Waals surface area contributed by atoms with Gasteiger partial charge in [0, 0.05) is 18.5 Å². The van der Waals surface area contributed by atoms with Gasteiger partial charge in [-0.2, -0.15) is 5.10 Å². The van der Waals surface area contributed by atoms with Crippen molar-refractivity contribution in [3.05, 3.63) is 17.7 Å². The van der Waals surface area contributed by atoms with E-state index >= 15 is 0 Å². The number of rotatable bonds is 6. The molecule has 0 spiro atoms. The minimum absolute atomic E-state index is 0.238. The first-order valence-corrected chi connectivity index (χ1v) is 8.98. The summed E-state index contributed by atoms with van der Waals surface area (Å²) >= 11 is 5.27. The average Bonchev–Trinajstić information content (AvgIpc) is 2.62. The van der Waals surface area contributed by atoms with E-state index in [1.54, 1.807) is 18.3 Å². The van der Waals surface area contributed by atoms with E-state index in [1.807, 2.05) is 0 Å². The smallest absolute Gasteiger partial charge is 0.308 e. The van der Waals surface area contributed by atoms with Gasteiger partial charge in [-0.05, 0) is 37.2 Å². The Labute approximate surface area is 159 Å². The standard InChI is InChI=1S/C18H25N3O4S/c1-12(22)25-17-15(23-2)9-13(10-16(17)24-3)11-19-21-18(26)20-14-7-5-4-6-8-14/h9-11,14H,4-8H2,1-3H3,(H2,20,21,26)/b19-11+. The van der Waals surface area contributed by atoms with Crippen molar-refractivity contribution in [3.8, 4) is 17.2 Å². The maximum Gasteiger partial charge on any atom is 0.308 e. The Kier molecular flexibility index (Phi) is 7.65. The van der Waals surface area contributed by atoms with E-state index in [4.69, 9.17) is 26.4 Å². The molecule has 0 aromatic heterocycles. The molecule has 142 valence electrons. The largest absolute Gasteiger partial charge is 0.493 e. The van der Waals surface area contributed by atoms with Crippen LogP contribution in [0.1, 0.15) is 44.6 Å². The van der Waals surface area contributed by atoms with Crippen LogP contribution in [-0.4, -0.2) is 37.6 Å². The molecule has 0 unspecified atom stereocenters. The molecular formula is C18H25N3O4S. The van der Waals surface area contributed by atoms with E-state index in [2.05, 4.69) is 15.8 Å². The molecule has 0 saturated heterocycles. The average molecular weight is 379 g/mol. The molecule has 1 aromatic rings. The maximum absolute atomic E-state index is 11.3. The summed E-state index contributed by atoms with van der Waals surface area (Å²) in [7, 11) is 2.98. The predicted octanol–water partition coefficient (Wildman–Crippen LogP) is 2.76. The first-order chi connectivity index (χ1) is 12.5. The number of nitrogens with zero attached hydrogens (tertiary/aromatic N) is 1. The van der Waals surface area contributed by atoms with Crippen molar-refractivity contribution in [1.29, 1.82) is 0 Å². The van der Waals surface area contributed by atoms with Crippen LogP contribution in [0.2, 0.25) is 0 Å². The SMILES string of the molecule is COc1cc(/C=N/NC(=S)NC2CCCCC2)cc(OC)c1OC(C)=O. The number of methoxy groups -OCH3 is 2. The van der Waals surface area contributed by atoms with Crippen molar-refractivity contribution in [2.24, 2.45) is 5.10 Å². The third-order valence-corrected chi connectivity index (χ3v) is 4.26. The topological polar surface area (TPSA) is 81.2 Å². The molecule has 2 N–H and O–H groups in total. The molecule has 2 rings (SSSR count). The number of carbonyl (C=O) groups is 1. The molecule has 0 atom stereocenters. The summed E-state index contributed by atoms with van der Waals surface area (Å²) in [5.41, 5.74) is 3.53. The molecule has 0 aliphatic heterocycles. The molecule has 1 fully saturated rings. The number of hydrogen-bond donors (Lipinski definition) is 2. The quantitative estimate of drug-likeness (QED) is 0.259. The zero-order valence-corrected chi connectivity index (χ0v) is 16.1. The number of benzene rings is 1.